The van der Waals surface area contributed by atoms with Gasteiger partial charge in [0, 0.05) is 12.6 Å². The number of para-hydroxylation sites is 1. The highest BCUT2D eigenvalue weighted by atomic mass is 32.2. The van der Waals surface area contributed by atoms with Crippen LogP contribution in [0.3, 0.4) is 0 Å². The zero-order chi connectivity index (χ0) is 17.3. The van der Waals surface area contributed by atoms with Gasteiger partial charge >= 0.3 is 0 Å². The number of carbonyl (C=O) groups is 1. The molecule has 0 atom stereocenters. The number of likely N-dealkylation sites (N-methyl/N-ethyl adjacent to an activating group) is 1. The van der Waals surface area contributed by atoms with E-state index in [1.165, 1.54) is 16.7 Å². The SMILES string of the molecule is Cc1ccc(N=C2S/C(=C\c3ccccc3O)C(=O)N2C)c(O)c1. The molecule has 1 heterocycles. The third-order valence-corrected chi connectivity index (χ3v) is 4.63. The van der Waals surface area contributed by atoms with Crippen molar-refractivity contribution in [1.82, 2.24) is 4.90 Å². The molecule has 0 aromatic heterocycles. The third kappa shape index (κ3) is 3.14. The van der Waals surface area contributed by atoms with Gasteiger partial charge in [-0.15, -0.1) is 0 Å². The van der Waals surface area contributed by atoms with Gasteiger partial charge in [0.2, 0.25) is 0 Å². The number of phenolic OH excluding ortho intramolecular Hbond substituents is 2. The highest BCUT2D eigenvalue weighted by Gasteiger charge is 2.30. The zero-order valence-corrected chi connectivity index (χ0v) is 14.0. The first kappa shape index (κ1) is 16.1. The van der Waals surface area contributed by atoms with Gasteiger partial charge in [-0.2, -0.15) is 0 Å². The number of amides is 1. The molecular formula is C18H16N2O3S. The Morgan fingerprint density at radius 1 is 1.12 bits per heavy atom. The van der Waals surface area contributed by atoms with Crippen molar-refractivity contribution in [2.24, 2.45) is 4.99 Å². The predicted octanol–water partition coefficient (Wildman–Crippen LogP) is 3.64. The van der Waals surface area contributed by atoms with Gasteiger partial charge in [0.15, 0.2) is 5.17 Å². The lowest BCUT2D eigenvalue weighted by molar-refractivity contribution is -0.121. The minimum atomic E-state index is -0.200. The van der Waals surface area contributed by atoms with Gasteiger partial charge in [-0.05, 0) is 48.5 Å². The fraction of sp³-hybridized carbons (Fsp3) is 0.111. The van der Waals surface area contributed by atoms with Crippen LogP contribution in [-0.4, -0.2) is 33.2 Å². The molecule has 0 saturated carbocycles. The highest BCUT2D eigenvalue weighted by molar-refractivity contribution is 8.18. The van der Waals surface area contributed by atoms with Crippen LogP contribution in [0.2, 0.25) is 0 Å². The van der Waals surface area contributed by atoms with Crippen molar-refractivity contribution in [2.75, 3.05) is 7.05 Å². The van der Waals surface area contributed by atoms with Gasteiger partial charge in [-0.25, -0.2) is 4.99 Å². The van der Waals surface area contributed by atoms with E-state index in [0.717, 1.165) is 5.56 Å². The number of aromatic hydroxyl groups is 2. The van der Waals surface area contributed by atoms with Crippen LogP contribution >= 0.6 is 11.8 Å². The maximum atomic E-state index is 12.4. The summed E-state index contributed by atoms with van der Waals surface area (Å²) in [6.07, 6.45) is 1.64. The quantitative estimate of drug-likeness (QED) is 0.819. The van der Waals surface area contributed by atoms with Crippen LogP contribution in [0, 0.1) is 6.92 Å². The van der Waals surface area contributed by atoms with E-state index >= 15 is 0 Å². The molecule has 0 spiro atoms. The van der Waals surface area contributed by atoms with Crippen molar-refractivity contribution < 1.29 is 15.0 Å². The van der Waals surface area contributed by atoms with Crippen LogP contribution in [0.25, 0.3) is 6.08 Å². The van der Waals surface area contributed by atoms with Crippen LogP contribution in [0.4, 0.5) is 5.69 Å². The molecule has 2 aromatic rings. The molecule has 1 saturated heterocycles. The normalized spacial score (nSPS) is 17.9. The Morgan fingerprint density at radius 3 is 2.58 bits per heavy atom. The minimum absolute atomic E-state index is 0.0714. The summed E-state index contributed by atoms with van der Waals surface area (Å²) >= 11 is 1.20. The van der Waals surface area contributed by atoms with Gasteiger partial charge < -0.3 is 10.2 Å². The maximum absolute atomic E-state index is 12.4. The van der Waals surface area contributed by atoms with E-state index in [4.69, 9.17) is 0 Å². The smallest absolute Gasteiger partial charge is 0.266 e. The number of phenols is 2. The van der Waals surface area contributed by atoms with Crippen molar-refractivity contribution in [3.63, 3.8) is 0 Å². The van der Waals surface area contributed by atoms with Crippen LogP contribution < -0.4 is 0 Å². The molecule has 6 heteroatoms. The van der Waals surface area contributed by atoms with Gasteiger partial charge in [0.05, 0.1) is 4.91 Å². The Bertz CT molecular complexity index is 874. The van der Waals surface area contributed by atoms with E-state index < -0.39 is 0 Å². The van der Waals surface area contributed by atoms with E-state index in [9.17, 15) is 15.0 Å². The summed E-state index contributed by atoms with van der Waals surface area (Å²) in [5, 5.41) is 20.3. The number of nitrogens with zero attached hydrogens (tertiary/aromatic N) is 2. The molecule has 0 radical (unpaired) electrons. The Labute approximate surface area is 144 Å². The van der Waals surface area contributed by atoms with E-state index in [1.807, 2.05) is 13.0 Å². The second-order valence-electron chi connectivity index (χ2n) is 5.42. The van der Waals surface area contributed by atoms with E-state index in [1.54, 1.807) is 49.5 Å². The lowest BCUT2D eigenvalue weighted by Gasteiger charge is -2.08. The topological polar surface area (TPSA) is 73.1 Å². The summed E-state index contributed by atoms with van der Waals surface area (Å²) in [5.74, 6) is -0.0155. The Balaban J connectivity index is 1.94. The lowest BCUT2D eigenvalue weighted by Crippen LogP contribution is -2.23. The Morgan fingerprint density at radius 2 is 1.88 bits per heavy atom. The van der Waals surface area contributed by atoms with Gasteiger partial charge in [-0.1, -0.05) is 24.3 Å². The van der Waals surface area contributed by atoms with E-state index in [2.05, 4.69) is 4.99 Å². The monoisotopic (exact) mass is 340 g/mol. The average molecular weight is 340 g/mol. The number of hydrogen-bond acceptors (Lipinski definition) is 5. The second-order valence-corrected chi connectivity index (χ2v) is 6.43. The van der Waals surface area contributed by atoms with Gasteiger partial charge in [0.1, 0.15) is 17.2 Å². The third-order valence-electron chi connectivity index (χ3n) is 3.57. The second kappa shape index (κ2) is 6.41. The molecule has 122 valence electrons. The molecule has 0 unspecified atom stereocenters. The summed E-state index contributed by atoms with van der Waals surface area (Å²) in [4.78, 5) is 18.6. The molecule has 24 heavy (non-hydrogen) atoms. The number of aliphatic imine (C=N–C) groups is 1. The number of benzene rings is 2. The molecular weight excluding hydrogens is 324 g/mol. The molecule has 1 amide bonds. The van der Waals surface area contributed by atoms with Crippen LogP contribution in [0.5, 0.6) is 11.5 Å². The van der Waals surface area contributed by atoms with Crippen molar-refractivity contribution in [3.8, 4) is 11.5 Å². The number of aryl methyl sites for hydroxylation is 1. The highest BCUT2D eigenvalue weighted by Crippen LogP contribution is 2.36. The largest absolute Gasteiger partial charge is 0.507 e. The zero-order valence-electron chi connectivity index (χ0n) is 13.2. The fourth-order valence-corrected chi connectivity index (χ4v) is 3.20. The molecule has 1 aliphatic rings. The first-order valence-electron chi connectivity index (χ1n) is 7.29. The number of rotatable bonds is 2. The maximum Gasteiger partial charge on any atom is 0.266 e. The number of thioether (sulfide) groups is 1. The molecule has 1 fully saturated rings. The van der Waals surface area contributed by atoms with Gasteiger partial charge in [-0.3, -0.25) is 9.69 Å². The van der Waals surface area contributed by atoms with Crippen LogP contribution in [0.1, 0.15) is 11.1 Å². The molecule has 2 aromatic carbocycles. The van der Waals surface area contributed by atoms with Crippen molar-refractivity contribution in [1.29, 1.82) is 0 Å². The molecule has 2 N–H and O–H groups in total. The fourth-order valence-electron chi connectivity index (χ4n) is 2.23. The van der Waals surface area contributed by atoms with E-state index in [-0.39, 0.29) is 17.4 Å². The predicted molar refractivity (Wildman–Crippen MR) is 96.4 cm³/mol. The molecule has 1 aliphatic heterocycles. The lowest BCUT2D eigenvalue weighted by atomic mass is 10.2. The molecule has 5 nitrogen and oxygen atoms in total. The molecule has 0 aliphatic carbocycles. The van der Waals surface area contributed by atoms with E-state index in [0.29, 0.717) is 21.3 Å². The van der Waals surface area contributed by atoms with Gasteiger partial charge in [0.25, 0.3) is 5.91 Å². The Kier molecular flexibility index (Phi) is 4.31. The molecule has 3 rings (SSSR count). The number of hydrogen-bond donors (Lipinski definition) is 2. The number of amidine groups is 1. The standard InChI is InChI=1S/C18H16N2O3S/c1-11-7-8-13(15(22)9-11)19-18-20(2)17(23)16(24-18)10-12-5-3-4-6-14(12)21/h3-10,21-22H,1-2H3/b16-10-,19-18?. The van der Waals surface area contributed by atoms with Crippen LogP contribution in [-0.2, 0) is 4.79 Å². The summed E-state index contributed by atoms with van der Waals surface area (Å²) in [7, 11) is 1.63. The summed E-state index contributed by atoms with van der Waals surface area (Å²) in [6, 6.07) is 12.0. The van der Waals surface area contributed by atoms with Crippen LogP contribution in [0.15, 0.2) is 52.4 Å². The Hall–Kier alpha value is -2.73. The first-order chi connectivity index (χ1) is 11.5. The summed E-state index contributed by atoms with van der Waals surface area (Å²) in [5.41, 5.74) is 1.91. The average Bonchev–Trinajstić information content (AvgIpc) is 2.80. The van der Waals surface area contributed by atoms with Crippen molar-refractivity contribution >= 4 is 34.6 Å². The molecule has 0 bridgehead atoms. The summed E-state index contributed by atoms with van der Waals surface area (Å²) < 4.78 is 0. The summed E-state index contributed by atoms with van der Waals surface area (Å²) in [6.45, 7) is 1.88. The minimum Gasteiger partial charge on any atom is -0.507 e. The van der Waals surface area contributed by atoms with Crippen molar-refractivity contribution in [2.45, 2.75) is 6.92 Å². The number of carbonyl (C=O) groups excluding carboxylic acids is 1. The first-order valence-corrected chi connectivity index (χ1v) is 8.11. The van der Waals surface area contributed by atoms with Crippen molar-refractivity contribution in [3.05, 3.63) is 58.5 Å².